The molecule has 1 aromatic carbocycles. The summed E-state index contributed by atoms with van der Waals surface area (Å²) >= 11 is 5.99. The molecule has 0 aromatic heterocycles. The third-order valence-corrected chi connectivity index (χ3v) is 6.09. The van der Waals surface area contributed by atoms with E-state index < -0.39 is 22.2 Å². The summed E-state index contributed by atoms with van der Waals surface area (Å²) in [7, 11) is 0. The highest BCUT2D eigenvalue weighted by atomic mass is 35.5. The van der Waals surface area contributed by atoms with Gasteiger partial charge in [-0.3, -0.25) is 5.73 Å². The molecule has 122 valence electrons. The third kappa shape index (κ3) is 1.23. The lowest BCUT2D eigenvalue weighted by Crippen LogP contribution is -2.90. The van der Waals surface area contributed by atoms with Crippen molar-refractivity contribution in [2.24, 2.45) is 16.6 Å². The predicted octanol–water partition coefficient (Wildman–Crippen LogP) is 0.172. The molecule has 4 rings (SSSR count). The van der Waals surface area contributed by atoms with Gasteiger partial charge in [0.25, 0.3) is 5.84 Å². The lowest BCUT2D eigenvalue weighted by molar-refractivity contribution is -0.679. The maximum atomic E-state index is 10.1. The number of hydrogen-bond acceptors (Lipinski definition) is 5. The van der Waals surface area contributed by atoms with Gasteiger partial charge in [0.1, 0.15) is 0 Å². The van der Waals surface area contributed by atoms with E-state index in [1.54, 1.807) is 12.1 Å². The van der Waals surface area contributed by atoms with E-state index in [1.807, 2.05) is 26.0 Å². The first-order chi connectivity index (χ1) is 11.3. The first-order valence-electron chi connectivity index (χ1n) is 7.66. The molecule has 3 N–H and O–H groups in total. The number of amidine groups is 1. The molecule has 2 heterocycles. The summed E-state index contributed by atoms with van der Waals surface area (Å²) in [6.45, 7) is 4.03. The van der Waals surface area contributed by atoms with E-state index in [2.05, 4.69) is 17.1 Å². The fourth-order valence-electron chi connectivity index (χ4n) is 4.72. The zero-order valence-electron chi connectivity index (χ0n) is 13.3. The van der Waals surface area contributed by atoms with E-state index in [0.717, 1.165) is 5.56 Å². The highest BCUT2D eigenvalue weighted by molar-refractivity contribution is 6.30. The van der Waals surface area contributed by atoms with E-state index in [4.69, 9.17) is 26.8 Å². The lowest BCUT2D eigenvalue weighted by atomic mass is 9.85. The SMILES string of the molecule is C[C@H]1CO[C@]2([NH+]=C(N)[C@@]3(C#N)[C@](C)(c4ccc(Cl)cc4)[C@@]23C#N)O1. The minimum Gasteiger partial charge on any atom is -0.311 e. The first kappa shape index (κ1) is 15.4. The molecule has 24 heavy (non-hydrogen) atoms. The molecule has 1 saturated heterocycles. The number of benzene rings is 1. The van der Waals surface area contributed by atoms with Crippen LogP contribution in [-0.4, -0.2) is 24.5 Å². The zero-order chi connectivity index (χ0) is 17.4. The quantitative estimate of drug-likeness (QED) is 0.756. The average molecular weight is 344 g/mol. The molecule has 0 amide bonds. The number of nitrogens with one attached hydrogen (secondary N) is 1. The standard InChI is InChI=1S/C17H15ClN4O2/c1-10-7-23-17(24-10)16(9-20)14(2,11-3-5-12(18)6-4-11)15(16,8-19)13(21)22-17/h3-6,10H,7H2,1-2H3,(H2,21,22)/p+1/t10-,14-,15-,16+,17-/m0/s1. The van der Waals surface area contributed by atoms with Gasteiger partial charge in [-0.15, -0.1) is 0 Å². The summed E-state index contributed by atoms with van der Waals surface area (Å²) in [5, 5.41) is 20.7. The van der Waals surface area contributed by atoms with E-state index in [-0.39, 0.29) is 11.9 Å². The molecule has 1 aliphatic carbocycles. The fourth-order valence-corrected chi connectivity index (χ4v) is 4.85. The molecule has 1 saturated carbocycles. The highest BCUT2D eigenvalue weighted by Gasteiger charge is 3.03. The van der Waals surface area contributed by atoms with Gasteiger partial charge in [0.15, 0.2) is 10.8 Å². The monoisotopic (exact) mass is 343 g/mol. The Morgan fingerprint density at radius 2 is 1.96 bits per heavy atom. The van der Waals surface area contributed by atoms with Crippen molar-refractivity contribution < 1.29 is 14.5 Å². The van der Waals surface area contributed by atoms with E-state index in [1.165, 1.54) is 0 Å². The molecular formula is C17H16ClN4O2+. The van der Waals surface area contributed by atoms with Crippen molar-refractivity contribution in [1.82, 2.24) is 0 Å². The smallest absolute Gasteiger partial charge is 0.311 e. The van der Waals surface area contributed by atoms with Crippen LogP contribution in [0.1, 0.15) is 19.4 Å². The van der Waals surface area contributed by atoms with Crippen LogP contribution < -0.4 is 10.7 Å². The second-order valence-electron chi connectivity index (χ2n) is 6.75. The maximum absolute atomic E-state index is 10.1. The molecule has 6 nitrogen and oxygen atoms in total. The van der Waals surface area contributed by atoms with Crippen molar-refractivity contribution in [2.75, 3.05) is 6.61 Å². The van der Waals surface area contributed by atoms with Gasteiger partial charge in [0.2, 0.25) is 0 Å². The number of fused-ring (bicyclic) bond motifs is 2. The lowest BCUT2D eigenvalue weighted by Gasteiger charge is -2.27. The van der Waals surface area contributed by atoms with E-state index in [9.17, 15) is 10.5 Å². The van der Waals surface area contributed by atoms with Crippen LogP contribution in [0.4, 0.5) is 0 Å². The number of halogens is 1. The van der Waals surface area contributed by atoms with Gasteiger partial charge in [-0.25, -0.2) is 4.99 Å². The van der Waals surface area contributed by atoms with Crippen molar-refractivity contribution in [1.29, 1.82) is 10.5 Å². The molecular weight excluding hydrogens is 328 g/mol. The van der Waals surface area contributed by atoms with Gasteiger partial charge in [-0.2, -0.15) is 10.5 Å². The normalized spacial score (nSPS) is 45.4. The van der Waals surface area contributed by atoms with Gasteiger partial charge in [-0.05, 0) is 24.6 Å². The summed E-state index contributed by atoms with van der Waals surface area (Å²) in [5.41, 5.74) is 3.60. The van der Waals surface area contributed by atoms with Crippen LogP contribution in [0, 0.1) is 33.5 Å². The van der Waals surface area contributed by atoms with Crippen LogP contribution in [0.25, 0.3) is 0 Å². The molecule has 2 aliphatic heterocycles. The summed E-state index contributed by atoms with van der Waals surface area (Å²) < 4.78 is 11.8. The second kappa shape index (κ2) is 4.29. The molecule has 5 atom stereocenters. The Kier molecular flexibility index (Phi) is 2.75. The van der Waals surface area contributed by atoms with Crippen LogP contribution in [0.2, 0.25) is 5.02 Å². The Bertz CT molecular complexity index is 857. The predicted molar refractivity (Wildman–Crippen MR) is 84.3 cm³/mol. The molecule has 0 unspecified atom stereocenters. The number of rotatable bonds is 1. The summed E-state index contributed by atoms with van der Waals surface area (Å²) in [5.74, 6) is -1.21. The van der Waals surface area contributed by atoms with Gasteiger partial charge < -0.3 is 9.47 Å². The third-order valence-electron chi connectivity index (χ3n) is 5.84. The van der Waals surface area contributed by atoms with Crippen molar-refractivity contribution in [3.63, 3.8) is 0 Å². The Morgan fingerprint density at radius 3 is 2.46 bits per heavy atom. The molecule has 1 aromatic rings. The van der Waals surface area contributed by atoms with Gasteiger partial charge in [0.05, 0.1) is 30.3 Å². The zero-order valence-corrected chi connectivity index (χ0v) is 14.0. The molecule has 0 radical (unpaired) electrons. The van der Waals surface area contributed by atoms with E-state index in [0.29, 0.717) is 11.6 Å². The number of nitrogens with zero attached hydrogens (tertiary/aromatic N) is 2. The van der Waals surface area contributed by atoms with Crippen LogP contribution >= 0.6 is 11.6 Å². The van der Waals surface area contributed by atoms with Gasteiger partial charge in [-0.1, -0.05) is 30.7 Å². The van der Waals surface area contributed by atoms with Crippen molar-refractivity contribution in [3.8, 4) is 12.1 Å². The average Bonchev–Trinajstić information content (AvgIpc) is 2.75. The van der Waals surface area contributed by atoms with Gasteiger partial charge in [0, 0.05) is 5.02 Å². The fraction of sp³-hybridized carbons (Fsp3) is 0.471. The van der Waals surface area contributed by atoms with Crippen molar-refractivity contribution in [3.05, 3.63) is 34.9 Å². The topological polar surface area (TPSA) is 106 Å². The molecule has 3 aliphatic rings. The van der Waals surface area contributed by atoms with Crippen LogP contribution in [0.15, 0.2) is 24.3 Å². The maximum Gasteiger partial charge on any atom is 0.344 e. The molecule has 1 spiro atoms. The molecule has 2 fully saturated rings. The van der Waals surface area contributed by atoms with E-state index >= 15 is 0 Å². The summed E-state index contributed by atoms with van der Waals surface area (Å²) in [6.07, 6.45) is -0.208. The Balaban J connectivity index is 1.98. The van der Waals surface area contributed by atoms with Crippen molar-refractivity contribution >= 4 is 17.4 Å². The highest BCUT2D eigenvalue weighted by Crippen LogP contribution is 2.82. The Hall–Kier alpha value is -2.12. The van der Waals surface area contributed by atoms with Gasteiger partial charge >= 0.3 is 5.91 Å². The van der Waals surface area contributed by atoms with Crippen LogP contribution in [0.3, 0.4) is 0 Å². The number of nitrogens with two attached hydrogens (primary N) is 1. The Morgan fingerprint density at radius 1 is 1.29 bits per heavy atom. The second-order valence-corrected chi connectivity index (χ2v) is 7.19. The minimum absolute atomic E-state index is 0.207. The van der Waals surface area contributed by atoms with Crippen LogP contribution in [-0.2, 0) is 14.9 Å². The minimum atomic E-state index is -1.42. The summed E-state index contributed by atoms with van der Waals surface area (Å²) in [4.78, 5) is 2.96. The Labute approximate surface area is 144 Å². The number of ether oxygens (including phenoxy) is 2. The van der Waals surface area contributed by atoms with Crippen LogP contribution in [0.5, 0.6) is 0 Å². The molecule has 7 heteroatoms. The molecule has 0 bridgehead atoms. The van der Waals surface area contributed by atoms with Crippen molar-refractivity contribution in [2.45, 2.75) is 31.3 Å². The number of nitriles is 2. The summed E-state index contributed by atoms with van der Waals surface area (Å²) in [6, 6.07) is 11.7. The number of hydrogen-bond donors (Lipinski definition) is 2. The largest absolute Gasteiger partial charge is 0.344 e. The first-order valence-corrected chi connectivity index (χ1v) is 8.04.